The summed E-state index contributed by atoms with van der Waals surface area (Å²) in [5, 5.41) is 16.7. The molecule has 0 bridgehead atoms. The third-order valence-corrected chi connectivity index (χ3v) is 5.18. The second-order valence-electron chi connectivity index (χ2n) is 6.61. The minimum atomic E-state index is -1.16. The standard InChI is InChI=1S/C20H21ClN2O3/c1-13-16(21)8-5-9-17(13)23-19(25)18(24)22-12-20(26,15-10-11-15)14-6-3-2-4-7-14/h2-9,15,26H,10-12H2,1H3,(H,22,24)(H,23,25). The molecule has 0 radical (unpaired) electrons. The Balaban J connectivity index is 1.65. The SMILES string of the molecule is Cc1c(Cl)cccc1NC(=O)C(=O)NCC(O)(c1ccccc1)C1CC1. The molecule has 0 aromatic heterocycles. The molecule has 1 unspecified atom stereocenters. The van der Waals surface area contributed by atoms with E-state index in [9.17, 15) is 14.7 Å². The normalized spacial score (nSPS) is 15.8. The molecule has 0 spiro atoms. The molecule has 0 heterocycles. The molecule has 136 valence electrons. The molecule has 1 fully saturated rings. The number of nitrogens with one attached hydrogen (secondary N) is 2. The predicted molar refractivity (Wildman–Crippen MR) is 101 cm³/mol. The van der Waals surface area contributed by atoms with Crippen LogP contribution in [0, 0.1) is 12.8 Å². The quantitative estimate of drug-likeness (QED) is 0.706. The fourth-order valence-electron chi connectivity index (χ4n) is 2.99. The van der Waals surface area contributed by atoms with E-state index in [1.807, 2.05) is 30.3 Å². The van der Waals surface area contributed by atoms with Crippen molar-refractivity contribution < 1.29 is 14.7 Å². The van der Waals surface area contributed by atoms with Crippen molar-refractivity contribution in [3.05, 3.63) is 64.7 Å². The number of rotatable bonds is 5. The van der Waals surface area contributed by atoms with E-state index >= 15 is 0 Å². The zero-order chi connectivity index (χ0) is 18.7. The smallest absolute Gasteiger partial charge is 0.313 e. The van der Waals surface area contributed by atoms with Crippen LogP contribution in [0.15, 0.2) is 48.5 Å². The largest absolute Gasteiger partial charge is 0.383 e. The highest BCUT2D eigenvalue weighted by atomic mass is 35.5. The fraction of sp³-hybridized carbons (Fsp3) is 0.300. The number of halogens is 1. The van der Waals surface area contributed by atoms with Crippen LogP contribution < -0.4 is 10.6 Å². The van der Waals surface area contributed by atoms with E-state index in [1.54, 1.807) is 25.1 Å². The van der Waals surface area contributed by atoms with Gasteiger partial charge >= 0.3 is 11.8 Å². The lowest BCUT2D eigenvalue weighted by Gasteiger charge is -2.29. The van der Waals surface area contributed by atoms with Gasteiger partial charge in [0.15, 0.2) is 0 Å². The summed E-state index contributed by atoms with van der Waals surface area (Å²) >= 11 is 6.02. The lowest BCUT2D eigenvalue weighted by molar-refractivity contribution is -0.137. The minimum absolute atomic E-state index is 0.0114. The maximum atomic E-state index is 12.2. The summed E-state index contributed by atoms with van der Waals surface area (Å²) in [6, 6.07) is 14.3. The maximum Gasteiger partial charge on any atom is 0.313 e. The van der Waals surface area contributed by atoms with Crippen molar-refractivity contribution in [1.82, 2.24) is 5.32 Å². The van der Waals surface area contributed by atoms with Gasteiger partial charge in [0.2, 0.25) is 0 Å². The van der Waals surface area contributed by atoms with E-state index < -0.39 is 17.4 Å². The van der Waals surface area contributed by atoms with Crippen molar-refractivity contribution in [3.63, 3.8) is 0 Å². The van der Waals surface area contributed by atoms with Gasteiger partial charge < -0.3 is 15.7 Å². The summed E-state index contributed by atoms with van der Waals surface area (Å²) in [5.41, 5.74) is 0.754. The van der Waals surface area contributed by atoms with E-state index in [1.165, 1.54) is 0 Å². The molecule has 2 aromatic carbocycles. The molecule has 2 aromatic rings. The predicted octanol–water partition coefficient (Wildman–Crippen LogP) is 3.00. The molecule has 1 saturated carbocycles. The van der Waals surface area contributed by atoms with Crippen LogP contribution in [0.5, 0.6) is 0 Å². The van der Waals surface area contributed by atoms with Crippen LogP contribution in [0.4, 0.5) is 5.69 Å². The Bertz CT molecular complexity index is 821. The number of hydrogen-bond donors (Lipinski definition) is 3. The van der Waals surface area contributed by atoms with E-state index in [0.717, 1.165) is 18.4 Å². The van der Waals surface area contributed by atoms with Crippen molar-refractivity contribution in [2.45, 2.75) is 25.4 Å². The minimum Gasteiger partial charge on any atom is -0.383 e. The summed E-state index contributed by atoms with van der Waals surface area (Å²) in [7, 11) is 0. The second kappa shape index (κ2) is 7.48. The lowest BCUT2D eigenvalue weighted by atomic mass is 9.88. The van der Waals surface area contributed by atoms with Gasteiger partial charge in [0.25, 0.3) is 0 Å². The summed E-state index contributed by atoms with van der Waals surface area (Å²) in [5.74, 6) is -1.50. The number of hydrogen-bond acceptors (Lipinski definition) is 3. The molecule has 26 heavy (non-hydrogen) atoms. The van der Waals surface area contributed by atoms with Gasteiger partial charge in [-0.25, -0.2) is 0 Å². The lowest BCUT2D eigenvalue weighted by Crippen LogP contribution is -2.45. The Labute approximate surface area is 157 Å². The number of anilines is 1. The van der Waals surface area contributed by atoms with Gasteiger partial charge in [-0.1, -0.05) is 48.0 Å². The van der Waals surface area contributed by atoms with Gasteiger partial charge in [-0.3, -0.25) is 9.59 Å². The van der Waals surface area contributed by atoms with Crippen LogP contribution in [-0.4, -0.2) is 23.5 Å². The Morgan fingerprint density at radius 3 is 2.46 bits per heavy atom. The first-order valence-electron chi connectivity index (χ1n) is 8.54. The first-order valence-corrected chi connectivity index (χ1v) is 8.92. The van der Waals surface area contributed by atoms with Crippen LogP contribution in [0.1, 0.15) is 24.0 Å². The zero-order valence-electron chi connectivity index (χ0n) is 14.5. The average Bonchev–Trinajstić information content (AvgIpc) is 3.49. The van der Waals surface area contributed by atoms with Gasteiger partial charge in [-0.05, 0) is 48.9 Å². The maximum absolute atomic E-state index is 12.2. The molecule has 1 aliphatic rings. The molecular weight excluding hydrogens is 352 g/mol. The average molecular weight is 373 g/mol. The Morgan fingerprint density at radius 2 is 1.81 bits per heavy atom. The zero-order valence-corrected chi connectivity index (χ0v) is 15.2. The summed E-state index contributed by atoms with van der Waals surface area (Å²) in [6.07, 6.45) is 1.80. The monoisotopic (exact) mass is 372 g/mol. The molecular formula is C20H21ClN2O3. The Hall–Kier alpha value is -2.37. The number of benzene rings is 2. The van der Waals surface area contributed by atoms with E-state index in [-0.39, 0.29) is 12.5 Å². The highest BCUT2D eigenvalue weighted by Crippen LogP contribution is 2.45. The highest BCUT2D eigenvalue weighted by molar-refractivity contribution is 6.40. The van der Waals surface area contributed by atoms with Crippen molar-refractivity contribution in [3.8, 4) is 0 Å². The van der Waals surface area contributed by atoms with Crippen molar-refractivity contribution in [2.24, 2.45) is 5.92 Å². The van der Waals surface area contributed by atoms with Gasteiger partial charge in [-0.15, -0.1) is 0 Å². The Kier molecular flexibility index (Phi) is 5.30. The number of carbonyl (C=O) groups excluding carboxylic acids is 2. The molecule has 6 heteroatoms. The second-order valence-corrected chi connectivity index (χ2v) is 7.02. The summed E-state index contributed by atoms with van der Waals surface area (Å²) < 4.78 is 0. The number of aliphatic hydroxyl groups is 1. The molecule has 1 atom stereocenters. The van der Waals surface area contributed by atoms with Crippen LogP contribution in [-0.2, 0) is 15.2 Å². The fourth-order valence-corrected chi connectivity index (χ4v) is 3.16. The number of amides is 2. The third kappa shape index (κ3) is 3.89. The van der Waals surface area contributed by atoms with E-state index in [0.29, 0.717) is 16.3 Å². The topological polar surface area (TPSA) is 78.4 Å². The van der Waals surface area contributed by atoms with Gasteiger partial charge in [0.05, 0.1) is 6.54 Å². The first-order chi connectivity index (χ1) is 12.4. The summed E-state index contributed by atoms with van der Waals surface area (Å²) in [4.78, 5) is 24.4. The highest BCUT2D eigenvalue weighted by Gasteiger charge is 2.45. The third-order valence-electron chi connectivity index (χ3n) is 4.77. The van der Waals surface area contributed by atoms with E-state index in [2.05, 4.69) is 10.6 Å². The van der Waals surface area contributed by atoms with Crippen LogP contribution in [0.25, 0.3) is 0 Å². The van der Waals surface area contributed by atoms with Crippen molar-refractivity contribution in [2.75, 3.05) is 11.9 Å². The molecule has 2 amide bonds. The molecule has 0 aliphatic heterocycles. The Morgan fingerprint density at radius 1 is 1.12 bits per heavy atom. The van der Waals surface area contributed by atoms with Gasteiger partial charge in [0, 0.05) is 10.7 Å². The molecule has 3 N–H and O–H groups in total. The number of carbonyl (C=O) groups is 2. The molecule has 1 aliphatic carbocycles. The van der Waals surface area contributed by atoms with Gasteiger partial charge in [0.1, 0.15) is 5.60 Å². The van der Waals surface area contributed by atoms with Crippen LogP contribution in [0.3, 0.4) is 0 Å². The van der Waals surface area contributed by atoms with E-state index in [4.69, 9.17) is 11.6 Å². The van der Waals surface area contributed by atoms with Crippen molar-refractivity contribution >= 4 is 29.1 Å². The summed E-state index contributed by atoms with van der Waals surface area (Å²) in [6.45, 7) is 1.75. The first kappa shape index (κ1) is 18.4. The van der Waals surface area contributed by atoms with Crippen molar-refractivity contribution in [1.29, 1.82) is 0 Å². The molecule has 3 rings (SSSR count). The molecule has 0 saturated heterocycles. The van der Waals surface area contributed by atoms with Crippen LogP contribution in [0.2, 0.25) is 5.02 Å². The molecule has 5 nitrogen and oxygen atoms in total. The van der Waals surface area contributed by atoms with Crippen LogP contribution >= 0.6 is 11.6 Å². The van der Waals surface area contributed by atoms with Gasteiger partial charge in [-0.2, -0.15) is 0 Å².